The molecule has 2 heterocycles. The van der Waals surface area contributed by atoms with Gasteiger partial charge in [0, 0.05) is 20.3 Å². The summed E-state index contributed by atoms with van der Waals surface area (Å²) < 4.78 is 0. The number of rotatable bonds is 6. The summed E-state index contributed by atoms with van der Waals surface area (Å²) in [5.74, 6) is 0.748. The van der Waals surface area contributed by atoms with Gasteiger partial charge in [0.25, 0.3) is 0 Å². The summed E-state index contributed by atoms with van der Waals surface area (Å²) in [5, 5.41) is 1.57. The first-order valence-electron chi connectivity index (χ1n) is 9.21. The molecule has 0 aromatic carbocycles. The van der Waals surface area contributed by atoms with Gasteiger partial charge in [0.15, 0.2) is 0 Å². The van der Waals surface area contributed by atoms with E-state index in [9.17, 15) is 0 Å². The van der Waals surface area contributed by atoms with Crippen molar-refractivity contribution in [3.05, 3.63) is 60.2 Å². The summed E-state index contributed by atoms with van der Waals surface area (Å²) in [5.41, 5.74) is 2.36. The molecule has 2 aromatic rings. The van der Waals surface area contributed by atoms with Crippen LogP contribution in [0, 0.1) is 5.92 Å². The van der Waals surface area contributed by atoms with E-state index in [1.807, 2.05) is 24.5 Å². The summed E-state index contributed by atoms with van der Waals surface area (Å²) in [6.07, 6.45) is 15.6. The Bertz CT molecular complexity index is 594. The van der Waals surface area contributed by atoms with E-state index in [4.69, 9.17) is 9.97 Å². The average Bonchev–Trinajstić information content (AvgIpc) is 2.65. The van der Waals surface area contributed by atoms with E-state index in [2.05, 4.69) is 37.3 Å². The number of aromatic nitrogens is 2. The fourth-order valence-electron chi connectivity index (χ4n) is 3.48. The summed E-state index contributed by atoms with van der Waals surface area (Å²) in [6, 6.07) is 12.5. The molecular formula is C21H27N2P. The topological polar surface area (TPSA) is 25.8 Å². The van der Waals surface area contributed by atoms with Gasteiger partial charge >= 0.3 is 0 Å². The summed E-state index contributed by atoms with van der Waals surface area (Å²) in [7, 11) is -0.606. The molecule has 0 bridgehead atoms. The molecule has 1 aliphatic rings. The highest BCUT2D eigenvalue weighted by atomic mass is 31.1. The van der Waals surface area contributed by atoms with Crippen LogP contribution in [0.15, 0.2) is 60.2 Å². The van der Waals surface area contributed by atoms with Crippen molar-refractivity contribution in [2.24, 2.45) is 5.92 Å². The Morgan fingerprint density at radius 3 is 2.12 bits per heavy atom. The zero-order valence-electron chi connectivity index (χ0n) is 14.6. The minimum atomic E-state index is -0.606. The summed E-state index contributed by atoms with van der Waals surface area (Å²) >= 11 is 0. The van der Waals surface area contributed by atoms with Crippen LogP contribution in [0.2, 0.25) is 0 Å². The quantitative estimate of drug-likeness (QED) is 0.679. The second kappa shape index (κ2) is 9.08. The van der Waals surface area contributed by atoms with Crippen LogP contribution in [0.25, 0.3) is 0 Å². The Morgan fingerprint density at radius 1 is 1.00 bits per heavy atom. The molecule has 2 aromatic heterocycles. The maximum Gasteiger partial charge on any atom is 0.0733 e. The lowest BCUT2D eigenvalue weighted by Gasteiger charge is -2.24. The molecule has 0 saturated heterocycles. The van der Waals surface area contributed by atoms with Gasteiger partial charge in [-0.15, -0.1) is 0 Å². The molecule has 0 aliphatic heterocycles. The fraction of sp³-hybridized carbons (Fsp3) is 0.429. The van der Waals surface area contributed by atoms with Crippen molar-refractivity contribution in [2.45, 2.75) is 51.9 Å². The van der Waals surface area contributed by atoms with Crippen molar-refractivity contribution in [1.29, 1.82) is 0 Å². The molecule has 0 spiro atoms. The third kappa shape index (κ3) is 4.51. The van der Waals surface area contributed by atoms with E-state index in [1.165, 1.54) is 49.4 Å². The van der Waals surface area contributed by atoms with Gasteiger partial charge in [-0.1, -0.05) is 50.8 Å². The first-order valence-corrected chi connectivity index (χ1v) is 10.6. The third-order valence-electron chi connectivity index (χ3n) is 4.63. The van der Waals surface area contributed by atoms with E-state index in [0.717, 1.165) is 12.3 Å². The molecule has 0 N–H and O–H groups in total. The minimum absolute atomic E-state index is 0.606. The molecule has 0 unspecified atom stereocenters. The molecular weight excluding hydrogens is 311 g/mol. The van der Waals surface area contributed by atoms with E-state index in [0.29, 0.717) is 0 Å². The maximum atomic E-state index is 4.70. The van der Waals surface area contributed by atoms with Crippen LogP contribution in [0.4, 0.5) is 0 Å². The average molecular weight is 338 g/mol. The highest BCUT2D eigenvalue weighted by molar-refractivity contribution is 7.76. The van der Waals surface area contributed by atoms with Crippen molar-refractivity contribution < 1.29 is 0 Å². The number of pyridine rings is 2. The first kappa shape index (κ1) is 17.3. The van der Waals surface area contributed by atoms with Crippen LogP contribution in [0.1, 0.15) is 51.9 Å². The smallest absolute Gasteiger partial charge is 0.0733 e. The maximum absolute atomic E-state index is 4.70. The predicted molar refractivity (Wildman–Crippen MR) is 104 cm³/mol. The lowest BCUT2D eigenvalue weighted by Crippen LogP contribution is -2.18. The van der Waals surface area contributed by atoms with Gasteiger partial charge in [-0.05, 0) is 54.8 Å². The molecule has 24 heavy (non-hydrogen) atoms. The summed E-state index contributed by atoms with van der Waals surface area (Å²) in [4.78, 5) is 9.40. The number of allylic oxidation sites excluding steroid dienone is 2. The van der Waals surface area contributed by atoms with E-state index < -0.39 is 7.92 Å². The van der Waals surface area contributed by atoms with Crippen LogP contribution in [0.3, 0.4) is 0 Å². The largest absolute Gasteiger partial charge is 0.256 e. The van der Waals surface area contributed by atoms with Crippen molar-refractivity contribution in [2.75, 3.05) is 0 Å². The molecule has 1 aliphatic carbocycles. The molecule has 126 valence electrons. The third-order valence-corrected chi connectivity index (χ3v) is 7.02. The number of hydrogen-bond acceptors (Lipinski definition) is 2. The Kier molecular flexibility index (Phi) is 6.55. The highest BCUT2D eigenvalue weighted by Gasteiger charge is 2.22. The Labute approximate surface area is 147 Å². The van der Waals surface area contributed by atoms with Crippen molar-refractivity contribution in [3.63, 3.8) is 0 Å². The predicted octanol–water partition coefficient (Wildman–Crippen LogP) is 5.17. The number of nitrogens with zero attached hydrogens (tertiary/aromatic N) is 2. The first-order chi connectivity index (χ1) is 11.9. The zero-order valence-corrected chi connectivity index (χ0v) is 15.5. The molecule has 3 heteroatoms. The number of hydrogen-bond donors (Lipinski definition) is 0. The van der Waals surface area contributed by atoms with Crippen LogP contribution < -0.4 is 10.9 Å². The Morgan fingerprint density at radius 2 is 1.62 bits per heavy atom. The monoisotopic (exact) mass is 338 g/mol. The van der Waals surface area contributed by atoms with Crippen molar-refractivity contribution >= 4 is 18.8 Å². The van der Waals surface area contributed by atoms with Crippen LogP contribution >= 0.6 is 7.92 Å². The standard InChI is InChI=1S/C21H27N2P/c1-2-10-19(17-18-11-4-3-5-12-18)24(20-13-6-8-15-22-20)21-14-7-9-16-23-21/h6-9,13-18H,2-5,10-12H2,1H3/b19-17+. The summed E-state index contributed by atoms with van der Waals surface area (Å²) in [6.45, 7) is 2.28. The molecule has 0 radical (unpaired) electrons. The fourth-order valence-corrected chi connectivity index (χ4v) is 5.95. The highest BCUT2D eigenvalue weighted by Crippen LogP contribution is 2.45. The van der Waals surface area contributed by atoms with Crippen molar-refractivity contribution in [3.8, 4) is 0 Å². The van der Waals surface area contributed by atoms with Crippen LogP contribution in [-0.2, 0) is 0 Å². The van der Waals surface area contributed by atoms with Crippen LogP contribution in [0.5, 0.6) is 0 Å². The van der Waals surface area contributed by atoms with Gasteiger partial charge in [-0.3, -0.25) is 9.97 Å². The lowest BCUT2D eigenvalue weighted by atomic mass is 9.89. The lowest BCUT2D eigenvalue weighted by molar-refractivity contribution is 0.418. The molecule has 1 saturated carbocycles. The van der Waals surface area contributed by atoms with Gasteiger partial charge in [-0.25, -0.2) is 0 Å². The Balaban J connectivity index is 1.99. The molecule has 2 nitrogen and oxygen atoms in total. The van der Waals surface area contributed by atoms with Gasteiger partial charge in [0.2, 0.25) is 0 Å². The minimum Gasteiger partial charge on any atom is -0.256 e. The second-order valence-corrected chi connectivity index (χ2v) is 8.68. The molecule has 0 amide bonds. The molecule has 0 atom stereocenters. The zero-order chi connectivity index (χ0) is 16.6. The molecule has 3 rings (SSSR count). The molecule has 1 fully saturated rings. The van der Waals surface area contributed by atoms with E-state index >= 15 is 0 Å². The van der Waals surface area contributed by atoms with Crippen molar-refractivity contribution in [1.82, 2.24) is 9.97 Å². The Hall–Kier alpha value is -1.53. The normalized spacial score (nSPS) is 16.5. The van der Waals surface area contributed by atoms with Crippen LogP contribution in [-0.4, -0.2) is 9.97 Å². The van der Waals surface area contributed by atoms with Gasteiger partial charge in [-0.2, -0.15) is 0 Å². The van der Waals surface area contributed by atoms with E-state index in [-0.39, 0.29) is 0 Å². The van der Waals surface area contributed by atoms with E-state index in [1.54, 1.807) is 5.31 Å². The van der Waals surface area contributed by atoms with Gasteiger partial charge in [0.1, 0.15) is 0 Å². The van der Waals surface area contributed by atoms with Gasteiger partial charge < -0.3 is 0 Å². The van der Waals surface area contributed by atoms with Gasteiger partial charge in [0.05, 0.1) is 10.9 Å². The second-order valence-electron chi connectivity index (χ2n) is 6.52. The SMILES string of the molecule is CCC/C(=C\C1CCCCC1)P(c1ccccn1)c1ccccn1.